The number of sulfonamides is 1. The number of rotatable bonds is 4. The molecule has 1 rings (SSSR count). The van der Waals surface area contributed by atoms with Crippen LogP contribution in [-0.2, 0) is 19.6 Å². The Balaban J connectivity index is 2.94. The van der Waals surface area contributed by atoms with Gasteiger partial charge in [-0.1, -0.05) is 0 Å². The molecule has 2 N–H and O–H groups in total. The van der Waals surface area contributed by atoms with Crippen molar-refractivity contribution in [3.8, 4) is 0 Å². The number of nitrogens with zero attached hydrogens (tertiary/aromatic N) is 1. The molecular formula is C10H17NO6S. The molecular weight excluding hydrogens is 262 g/mol. The summed E-state index contributed by atoms with van der Waals surface area (Å²) >= 11 is 0. The summed E-state index contributed by atoms with van der Waals surface area (Å²) in [5.41, 5.74) is 0. The highest BCUT2D eigenvalue weighted by Crippen LogP contribution is 2.27. The molecule has 2 unspecified atom stereocenters. The lowest BCUT2D eigenvalue weighted by atomic mass is 9.86. The third-order valence-electron chi connectivity index (χ3n) is 3.17. The maximum atomic E-state index is 11.9. The van der Waals surface area contributed by atoms with Gasteiger partial charge in [0.05, 0.1) is 17.1 Å². The van der Waals surface area contributed by atoms with E-state index in [0.29, 0.717) is 0 Å². The molecule has 1 aliphatic heterocycles. The van der Waals surface area contributed by atoms with E-state index in [4.69, 9.17) is 10.2 Å². The van der Waals surface area contributed by atoms with Crippen molar-refractivity contribution >= 4 is 22.0 Å². The number of piperidine rings is 1. The minimum absolute atomic E-state index is 0.0260. The molecule has 0 spiro atoms. The van der Waals surface area contributed by atoms with Gasteiger partial charge in [0.2, 0.25) is 10.0 Å². The quantitative estimate of drug-likeness (QED) is 0.739. The third kappa shape index (κ3) is 2.81. The average molecular weight is 279 g/mol. The zero-order valence-electron chi connectivity index (χ0n) is 10.2. The first-order valence-electron chi connectivity index (χ1n) is 5.62. The molecule has 18 heavy (non-hydrogen) atoms. The minimum Gasteiger partial charge on any atom is -0.481 e. The van der Waals surface area contributed by atoms with Crippen LogP contribution in [0.4, 0.5) is 0 Å². The number of hydrogen-bond acceptors (Lipinski definition) is 4. The first-order chi connectivity index (χ1) is 8.17. The van der Waals surface area contributed by atoms with Crippen molar-refractivity contribution in [2.45, 2.75) is 25.5 Å². The number of aliphatic carboxylic acids is 2. The molecule has 1 aliphatic rings. The van der Waals surface area contributed by atoms with Gasteiger partial charge in [-0.3, -0.25) is 9.59 Å². The van der Waals surface area contributed by atoms with E-state index in [1.165, 1.54) is 13.8 Å². The van der Waals surface area contributed by atoms with Crippen LogP contribution >= 0.6 is 0 Å². The predicted octanol–water partition coefficient (Wildman–Crippen LogP) is -0.168. The third-order valence-corrected chi connectivity index (χ3v) is 5.41. The Morgan fingerprint density at radius 2 is 1.67 bits per heavy atom. The standard InChI is InChI=1S/C10H17NO6S/c1-6(2)18(16,17)11-4-3-7(9(12)13)8(5-11)10(14)15/h6-8H,3-5H2,1-2H3,(H,12,13)(H,14,15). The van der Waals surface area contributed by atoms with Crippen molar-refractivity contribution in [3.63, 3.8) is 0 Å². The fourth-order valence-corrected chi connectivity index (χ4v) is 3.32. The van der Waals surface area contributed by atoms with Gasteiger partial charge in [0, 0.05) is 13.1 Å². The molecule has 0 aromatic carbocycles. The van der Waals surface area contributed by atoms with Crippen molar-refractivity contribution in [2.75, 3.05) is 13.1 Å². The zero-order chi connectivity index (χ0) is 14.1. The van der Waals surface area contributed by atoms with Gasteiger partial charge in [0.15, 0.2) is 0 Å². The molecule has 7 nitrogen and oxygen atoms in total. The average Bonchev–Trinajstić information content (AvgIpc) is 2.27. The van der Waals surface area contributed by atoms with Gasteiger partial charge in [-0.15, -0.1) is 0 Å². The molecule has 0 aromatic heterocycles. The van der Waals surface area contributed by atoms with Crippen molar-refractivity contribution in [1.29, 1.82) is 0 Å². The first-order valence-corrected chi connectivity index (χ1v) is 7.12. The van der Waals surface area contributed by atoms with Crippen molar-refractivity contribution in [3.05, 3.63) is 0 Å². The van der Waals surface area contributed by atoms with Gasteiger partial charge >= 0.3 is 11.9 Å². The fourth-order valence-electron chi connectivity index (χ4n) is 2.00. The van der Waals surface area contributed by atoms with Crippen molar-refractivity contribution < 1.29 is 28.2 Å². The van der Waals surface area contributed by atoms with E-state index >= 15 is 0 Å². The lowest BCUT2D eigenvalue weighted by molar-refractivity contribution is -0.156. The molecule has 0 radical (unpaired) electrons. The smallest absolute Gasteiger partial charge is 0.308 e. The molecule has 0 bridgehead atoms. The molecule has 1 heterocycles. The Morgan fingerprint density at radius 1 is 1.17 bits per heavy atom. The van der Waals surface area contributed by atoms with Crippen LogP contribution in [0.1, 0.15) is 20.3 Å². The summed E-state index contributed by atoms with van der Waals surface area (Å²) in [7, 11) is -3.54. The monoisotopic (exact) mass is 279 g/mol. The Morgan fingerprint density at radius 3 is 2.06 bits per heavy atom. The lowest BCUT2D eigenvalue weighted by Gasteiger charge is -2.34. The summed E-state index contributed by atoms with van der Waals surface area (Å²) in [6.07, 6.45) is 0.0260. The second kappa shape index (κ2) is 5.23. The predicted molar refractivity (Wildman–Crippen MR) is 62.5 cm³/mol. The van der Waals surface area contributed by atoms with Gasteiger partial charge in [0.25, 0.3) is 0 Å². The summed E-state index contributed by atoms with van der Waals surface area (Å²) in [6, 6.07) is 0. The van der Waals surface area contributed by atoms with E-state index in [2.05, 4.69) is 0 Å². The maximum absolute atomic E-state index is 11.9. The number of carboxylic acid groups (broad SMARTS) is 2. The van der Waals surface area contributed by atoms with Crippen LogP contribution in [0.25, 0.3) is 0 Å². The van der Waals surface area contributed by atoms with E-state index in [0.717, 1.165) is 4.31 Å². The van der Waals surface area contributed by atoms with E-state index in [9.17, 15) is 18.0 Å². The normalized spacial score (nSPS) is 26.2. The van der Waals surface area contributed by atoms with Crippen LogP contribution in [0, 0.1) is 11.8 Å². The van der Waals surface area contributed by atoms with Crippen LogP contribution in [-0.4, -0.2) is 53.2 Å². The van der Waals surface area contributed by atoms with Gasteiger partial charge in [0.1, 0.15) is 0 Å². The van der Waals surface area contributed by atoms with Crippen LogP contribution in [0.2, 0.25) is 0 Å². The van der Waals surface area contributed by atoms with Gasteiger partial charge in [-0.25, -0.2) is 12.7 Å². The largest absolute Gasteiger partial charge is 0.481 e. The maximum Gasteiger partial charge on any atom is 0.308 e. The van der Waals surface area contributed by atoms with Gasteiger partial charge < -0.3 is 10.2 Å². The van der Waals surface area contributed by atoms with Crippen molar-refractivity contribution in [2.24, 2.45) is 11.8 Å². The summed E-state index contributed by atoms with van der Waals surface area (Å²) in [5, 5.41) is 17.3. The van der Waals surface area contributed by atoms with Gasteiger partial charge in [-0.05, 0) is 20.3 Å². The Hall–Kier alpha value is -1.15. The lowest BCUT2D eigenvalue weighted by Crippen LogP contribution is -2.50. The molecule has 0 aromatic rings. The summed E-state index contributed by atoms with van der Waals surface area (Å²) in [5.74, 6) is -4.68. The summed E-state index contributed by atoms with van der Waals surface area (Å²) < 4.78 is 24.9. The molecule has 1 saturated heterocycles. The van der Waals surface area contributed by atoms with Gasteiger partial charge in [-0.2, -0.15) is 0 Å². The highest BCUT2D eigenvalue weighted by molar-refractivity contribution is 7.89. The van der Waals surface area contributed by atoms with E-state index < -0.39 is 39.0 Å². The molecule has 0 saturated carbocycles. The Bertz CT molecular complexity index is 443. The van der Waals surface area contributed by atoms with Crippen LogP contribution < -0.4 is 0 Å². The number of carboxylic acids is 2. The zero-order valence-corrected chi connectivity index (χ0v) is 11.1. The van der Waals surface area contributed by atoms with E-state index in [1.807, 2.05) is 0 Å². The Labute approximate surface area is 105 Å². The summed E-state index contributed by atoms with van der Waals surface area (Å²) in [6.45, 7) is 2.80. The number of hydrogen-bond donors (Lipinski definition) is 2. The van der Waals surface area contributed by atoms with Crippen LogP contribution in [0.15, 0.2) is 0 Å². The second-order valence-electron chi connectivity index (χ2n) is 4.63. The molecule has 0 amide bonds. The number of carbonyl (C=O) groups is 2. The van der Waals surface area contributed by atoms with Crippen LogP contribution in [0.3, 0.4) is 0 Å². The molecule has 2 atom stereocenters. The van der Waals surface area contributed by atoms with E-state index in [-0.39, 0.29) is 19.5 Å². The molecule has 8 heteroatoms. The Kier molecular flexibility index (Phi) is 4.33. The summed E-state index contributed by atoms with van der Waals surface area (Å²) in [4.78, 5) is 22.0. The molecule has 104 valence electrons. The molecule has 0 aliphatic carbocycles. The fraction of sp³-hybridized carbons (Fsp3) is 0.800. The highest BCUT2D eigenvalue weighted by atomic mass is 32.2. The van der Waals surface area contributed by atoms with Crippen LogP contribution in [0.5, 0.6) is 0 Å². The minimum atomic E-state index is -3.54. The van der Waals surface area contributed by atoms with Crippen molar-refractivity contribution in [1.82, 2.24) is 4.31 Å². The van der Waals surface area contributed by atoms with E-state index in [1.54, 1.807) is 0 Å². The molecule has 1 fully saturated rings. The SMILES string of the molecule is CC(C)S(=O)(=O)N1CCC(C(=O)O)C(C(=O)O)C1. The topological polar surface area (TPSA) is 112 Å². The second-order valence-corrected chi connectivity index (χ2v) is 7.12. The highest BCUT2D eigenvalue weighted by Gasteiger charge is 2.42. The first kappa shape index (κ1) is 14.9.